The lowest BCUT2D eigenvalue weighted by atomic mass is 9.82. The molecule has 1 aromatic carbocycles. The van der Waals surface area contributed by atoms with E-state index in [9.17, 15) is 4.79 Å². The van der Waals surface area contributed by atoms with Crippen LogP contribution in [0.2, 0.25) is 0 Å². The fraction of sp³-hybridized carbons (Fsp3) is 0.562. The van der Waals surface area contributed by atoms with Crippen molar-refractivity contribution in [1.82, 2.24) is 5.32 Å². The Bertz CT molecular complexity index is 457. The Balaban J connectivity index is 0.00000147. The van der Waals surface area contributed by atoms with Gasteiger partial charge in [-0.25, -0.2) is 0 Å². The molecule has 2 fully saturated rings. The number of hydrogen-bond donors (Lipinski definition) is 2. The molecule has 3 N–H and O–H groups in total. The number of benzene rings is 1. The van der Waals surface area contributed by atoms with Crippen LogP contribution in [-0.4, -0.2) is 17.5 Å². The summed E-state index contributed by atoms with van der Waals surface area (Å²) in [6.07, 6.45) is 6.09. The summed E-state index contributed by atoms with van der Waals surface area (Å²) < 4.78 is 0. The first-order valence-corrected chi connectivity index (χ1v) is 7.34. The molecule has 3 nitrogen and oxygen atoms in total. The van der Waals surface area contributed by atoms with Gasteiger partial charge < -0.3 is 11.1 Å². The van der Waals surface area contributed by atoms with E-state index in [1.165, 1.54) is 12.0 Å². The molecular weight excluding hydrogens is 272 g/mol. The average Bonchev–Trinajstić information content (AvgIpc) is 3.20. The number of nitrogens with two attached hydrogens (primary N) is 1. The predicted octanol–water partition coefficient (Wildman–Crippen LogP) is 2.74. The van der Waals surface area contributed by atoms with Gasteiger partial charge in [0, 0.05) is 12.0 Å². The fourth-order valence-corrected chi connectivity index (χ4v) is 3.15. The second-order valence-corrected chi connectivity index (χ2v) is 6.05. The zero-order valence-corrected chi connectivity index (χ0v) is 12.5. The SMILES string of the molecule is Cl.NC1(C(=O)NC2CC2c2ccccc2)CCCCC1. The van der Waals surface area contributed by atoms with E-state index < -0.39 is 5.54 Å². The van der Waals surface area contributed by atoms with Crippen LogP contribution in [0.15, 0.2) is 30.3 Å². The maximum atomic E-state index is 12.3. The Morgan fingerprint density at radius 3 is 2.45 bits per heavy atom. The molecule has 2 atom stereocenters. The van der Waals surface area contributed by atoms with E-state index in [2.05, 4.69) is 29.6 Å². The minimum atomic E-state index is -0.609. The Morgan fingerprint density at radius 1 is 1.15 bits per heavy atom. The third-order valence-electron chi connectivity index (χ3n) is 4.53. The number of hydrogen-bond acceptors (Lipinski definition) is 2. The molecule has 0 heterocycles. The number of nitrogens with one attached hydrogen (secondary N) is 1. The summed E-state index contributed by atoms with van der Waals surface area (Å²) in [6.45, 7) is 0. The van der Waals surface area contributed by atoms with Crippen molar-refractivity contribution >= 4 is 18.3 Å². The van der Waals surface area contributed by atoms with Crippen molar-refractivity contribution in [1.29, 1.82) is 0 Å². The molecule has 2 aliphatic rings. The normalized spacial score (nSPS) is 27.2. The quantitative estimate of drug-likeness (QED) is 0.900. The molecule has 1 aromatic rings. The van der Waals surface area contributed by atoms with E-state index >= 15 is 0 Å². The highest BCUT2D eigenvalue weighted by Gasteiger charge is 2.43. The predicted molar refractivity (Wildman–Crippen MR) is 83.0 cm³/mol. The summed E-state index contributed by atoms with van der Waals surface area (Å²) in [7, 11) is 0. The molecular formula is C16H23ClN2O. The Kier molecular flexibility index (Phi) is 4.71. The molecule has 20 heavy (non-hydrogen) atoms. The second kappa shape index (κ2) is 6.15. The maximum absolute atomic E-state index is 12.3. The number of carbonyl (C=O) groups is 1. The topological polar surface area (TPSA) is 55.1 Å². The summed E-state index contributed by atoms with van der Waals surface area (Å²) in [6, 6.07) is 10.7. The Morgan fingerprint density at radius 2 is 1.80 bits per heavy atom. The molecule has 110 valence electrons. The van der Waals surface area contributed by atoms with Gasteiger partial charge in [-0.2, -0.15) is 0 Å². The third kappa shape index (κ3) is 3.15. The van der Waals surface area contributed by atoms with Gasteiger partial charge in [0.1, 0.15) is 0 Å². The number of halogens is 1. The van der Waals surface area contributed by atoms with E-state index in [4.69, 9.17) is 5.73 Å². The van der Waals surface area contributed by atoms with Crippen molar-refractivity contribution in [3.05, 3.63) is 35.9 Å². The van der Waals surface area contributed by atoms with Crippen molar-refractivity contribution < 1.29 is 4.79 Å². The molecule has 2 unspecified atom stereocenters. The van der Waals surface area contributed by atoms with Crippen LogP contribution in [-0.2, 0) is 4.79 Å². The average molecular weight is 295 g/mol. The van der Waals surface area contributed by atoms with Crippen LogP contribution >= 0.6 is 12.4 Å². The van der Waals surface area contributed by atoms with Gasteiger partial charge in [0.2, 0.25) is 5.91 Å². The van der Waals surface area contributed by atoms with Crippen molar-refractivity contribution in [3.63, 3.8) is 0 Å². The number of carbonyl (C=O) groups excluding carboxylic acids is 1. The summed E-state index contributed by atoms with van der Waals surface area (Å²) in [4.78, 5) is 12.3. The van der Waals surface area contributed by atoms with Crippen LogP contribution in [0.4, 0.5) is 0 Å². The van der Waals surface area contributed by atoms with Crippen LogP contribution in [0.25, 0.3) is 0 Å². The lowest BCUT2D eigenvalue weighted by molar-refractivity contribution is -0.127. The highest BCUT2D eigenvalue weighted by atomic mass is 35.5. The zero-order valence-electron chi connectivity index (χ0n) is 11.7. The summed E-state index contributed by atoms with van der Waals surface area (Å²) in [5.74, 6) is 0.549. The van der Waals surface area contributed by atoms with Gasteiger partial charge in [0.15, 0.2) is 0 Å². The minimum Gasteiger partial charge on any atom is -0.351 e. The van der Waals surface area contributed by atoms with Crippen LogP contribution < -0.4 is 11.1 Å². The highest BCUT2D eigenvalue weighted by molar-refractivity contribution is 5.86. The van der Waals surface area contributed by atoms with Gasteiger partial charge in [-0.3, -0.25) is 4.79 Å². The van der Waals surface area contributed by atoms with Gasteiger partial charge in [0.05, 0.1) is 5.54 Å². The van der Waals surface area contributed by atoms with E-state index in [1.807, 2.05) is 6.07 Å². The van der Waals surface area contributed by atoms with E-state index in [0.29, 0.717) is 5.92 Å². The van der Waals surface area contributed by atoms with Gasteiger partial charge >= 0.3 is 0 Å². The van der Waals surface area contributed by atoms with E-state index in [1.54, 1.807) is 0 Å². The van der Waals surface area contributed by atoms with E-state index in [0.717, 1.165) is 32.1 Å². The molecule has 0 aromatic heterocycles. The molecule has 4 heteroatoms. The molecule has 0 aliphatic heterocycles. The molecule has 1 amide bonds. The molecule has 0 bridgehead atoms. The summed E-state index contributed by atoms with van der Waals surface area (Å²) in [5, 5.41) is 3.15. The first-order chi connectivity index (χ1) is 9.19. The number of amides is 1. The van der Waals surface area contributed by atoms with Gasteiger partial charge in [-0.15, -0.1) is 12.4 Å². The first kappa shape index (κ1) is 15.3. The molecule has 2 saturated carbocycles. The summed E-state index contributed by atoms with van der Waals surface area (Å²) >= 11 is 0. The van der Waals surface area contributed by atoms with Crippen LogP contribution in [0.3, 0.4) is 0 Å². The van der Waals surface area contributed by atoms with Crippen molar-refractivity contribution in [2.45, 2.75) is 56.0 Å². The monoisotopic (exact) mass is 294 g/mol. The van der Waals surface area contributed by atoms with Crippen LogP contribution in [0, 0.1) is 0 Å². The van der Waals surface area contributed by atoms with Gasteiger partial charge in [0.25, 0.3) is 0 Å². The molecule has 2 aliphatic carbocycles. The highest BCUT2D eigenvalue weighted by Crippen LogP contribution is 2.41. The van der Waals surface area contributed by atoms with Crippen molar-refractivity contribution in [2.24, 2.45) is 5.73 Å². The van der Waals surface area contributed by atoms with Crippen molar-refractivity contribution in [2.75, 3.05) is 0 Å². The largest absolute Gasteiger partial charge is 0.351 e. The standard InChI is InChI=1S/C16H22N2O.ClH/c17-16(9-5-2-6-10-16)15(19)18-14-11-13(14)12-7-3-1-4-8-12;/h1,3-4,7-8,13-14H,2,5-6,9-11,17H2,(H,18,19);1H. The van der Waals surface area contributed by atoms with Gasteiger partial charge in [-0.05, 0) is 24.8 Å². The van der Waals surface area contributed by atoms with Crippen LogP contribution in [0.1, 0.15) is 50.0 Å². The molecule has 0 radical (unpaired) electrons. The summed E-state index contributed by atoms with van der Waals surface area (Å²) in [5.41, 5.74) is 6.96. The lowest BCUT2D eigenvalue weighted by Crippen LogP contribution is -2.55. The Hall–Kier alpha value is -1.06. The number of rotatable bonds is 3. The lowest BCUT2D eigenvalue weighted by Gasteiger charge is -2.31. The fourth-order valence-electron chi connectivity index (χ4n) is 3.15. The third-order valence-corrected chi connectivity index (χ3v) is 4.53. The van der Waals surface area contributed by atoms with Gasteiger partial charge in [-0.1, -0.05) is 49.6 Å². The van der Waals surface area contributed by atoms with Crippen LogP contribution in [0.5, 0.6) is 0 Å². The molecule has 3 rings (SSSR count). The zero-order chi connectivity index (χ0) is 13.3. The molecule has 0 spiro atoms. The smallest absolute Gasteiger partial charge is 0.240 e. The molecule has 0 saturated heterocycles. The first-order valence-electron chi connectivity index (χ1n) is 7.34. The van der Waals surface area contributed by atoms with Crippen molar-refractivity contribution in [3.8, 4) is 0 Å². The Labute approximate surface area is 126 Å². The van der Waals surface area contributed by atoms with E-state index in [-0.39, 0.29) is 24.4 Å². The second-order valence-electron chi connectivity index (χ2n) is 6.05. The minimum absolute atomic E-state index is 0. The maximum Gasteiger partial charge on any atom is 0.240 e.